The molecule has 3 rings (SSSR count). The molecular formula is C16H18ClN3S. The fourth-order valence-corrected chi connectivity index (χ4v) is 3.48. The predicted octanol–water partition coefficient (Wildman–Crippen LogP) is 4.22. The molecule has 5 heteroatoms. The van der Waals surface area contributed by atoms with Gasteiger partial charge in [-0.25, -0.2) is 4.98 Å². The van der Waals surface area contributed by atoms with Gasteiger partial charge in [-0.2, -0.15) is 0 Å². The van der Waals surface area contributed by atoms with Crippen LogP contribution in [0.1, 0.15) is 22.4 Å². The molecule has 2 aromatic heterocycles. The highest BCUT2D eigenvalue weighted by molar-refractivity contribution is 7.11. The Balaban J connectivity index is 2.01. The number of thiazole rings is 1. The molecule has 3 nitrogen and oxygen atoms in total. The summed E-state index contributed by atoms with van der Waals surface area (Å²) in [5, 5.41) is 6.54. The van der Waals surface area contributed by atoms with Crippen LogP contribution in [-0.2, 0) is 13.1 Å². The van der Waals surface area contributed by atoms with Gasteiger partial charge in [0.2, 0.25) is 0 Å². The summed E-state index contributed by atoms with van der Waals surface area (Å²) in [5.74, 6) is 0. The Morgan fingerprint density at radius 3 is 2.95 bits per heavy atom. The number of hydrogen-bond donors (Lipinski definition) is 1. The molecule has 110 valence electrons. The van der Waals surface area contributed by atoms with Crippen molar-refractivity contribution in [1.29, 1.82) is 0 Å². The van der Waals surface area contributed by atoms with Gasteiger partial charge >= 0.3 is 0 Å². The number of hydrogen-bond acceptors (Lipinski definition) is 3. The van der Waals surface area contributed by atoms with Crippen LogP contribution >= 0.6 is 22.9 Å². The summed E-state index contributed by atoms with van der Waals surface area (Å²) in [6.07, 6.45) is 4.18. The average molecular weight is 320 g/mol. The van der Waals surface area contributed by atoms with Gasteiger partial charge in [0.1, 0.15) is 0 Å². The fraction of sp³-hybridized carbons (Fsp3) is 0.312. The minimum absolute atomic E-state index is 0.775. The third kappa shape index (κ3) is 3.12. The first-order valence-electron chi connectivity index (χ1n) is 7.06. The molecule has 21 heavy (non-hydrogen) atoms. The second-order valence-electron chi connectivity index (χ2n) is 5.07. The van der Waals surface area contributed by atoms with E-state index >= 15 is 0 Å². The van der Waals surface area contributed by atoms with E-state index in [1.807, 2.05) is 25.3 Å². The second kappa shape index (κ2) is 6.18. The van der Waals surface area contributed by atoms with E-state index in [9.17, 15) is 0 Å². The van der Waals surface area contributed by atoms with E-state index in [1.165, 1.54) is 21.3 Å². The van der Waals surface area contributed by atoms with Gasteiger partial charge in [0, 0.05) is 34.2 Å². The van der Waals surface area contributed by atoms with Crippen molar-refractivity contribution >= 4 is 33.8 Å². The third-order valence-electron chi connectivity index (χ3n) is 3.49. The molecule has 0 unspecified atom stereocenters. The summed E-state index contributed by atoms with van der Waals surface area (Å²) in [7, 11) is 0. The van der Waals surface area contributed by atoms with Crippen LogP contribution < -0.4 is 5.32 Å². The van der Waals surface area contributed by atoms with E-state index in [0.29, 0.717) is 0 Å². The zero-order valence-corrected chi connectivity index (χ0v) is 13.8. The van der Waals surface area contributed by atoms with Crippen molar-refractivity contribution in [3.8, 4) is 0 Å². The minimum atomic E-state index is 0.775. The Kier molecular flexibility index (Phi) is 4.29. The van der Waals surface area contributed by atoms with Crippen molar-refractivity contribution in [2.75, 3.05) is 6.54 Å². The van der Waals surface area contributed by atoms with E-state index < -0.39 is 0 Å². The van der Waals surface area contributed by atoms with Crippen molar-refractivity contribution in [1.82, 2.24) is 14.9 Å². The lowest BCUT2D eigenvalue weighted by Gasteiger charge is -2.03. The average Bonchev–Trinajstić information content (AvgIpc) is 3.01. The van der Waals surface area contributed by atoms with Gasteiger partial charge in [0.15, 0.2) is 0 Å². The van der Waals surface area contributed by atoms with Crippen molar-refractivity contribution in [3.05, 3.63) is 51.1 Å². The third-order valence-corrected chi connectivity index (χ3v) is 4.62. The highest BCUT2D eigenvalue weighted by atomic mass is 35.5. The molecule has 0 spiro atoms. The second-order valence-corrected chi connectivity index (χ2v) is 6.83. The molecule has 0 saturated carbocycles. The standard InChI is InChI=1S/C16H18ClN3S/c1-3-18-7-12-9-20(10-14-8-19-11(2)21-14)16-6-13(17)4-5-15(12)16/h4-6,8-9,18H,3,7,10H2,1-2H3. The molecule has 0 radical (unpaired) electrons. The normalized spacial score (nSPS) is 11.4. The summed E-state index contributed by atoms with van der Waals surface area (Å²) >= 11 is 7.91. The molecule has 0 fully saturated rings. The zero-order valence-electron chi connectivity index (χ0n) is 12.2. The maximum atomic E-state index is 6.17. The molecule has 0 aliphatic rings. The Labute approximate surface area is 133 Å². The van der Waals surface area contributed by atoms with Crippen molar-refractivity contribution in [3.63, 3.8) is 0 Å². The Morgan fingerprint density at radius 2 is 2.24 bits per heavy atom. The van der Waals surface area contributed by atoms with Crippen LogP contribution in [0.4, 0.5) is 0 Å². The molecule has 0 aliphatic carbocycles. The molecule has 2 heterocycles. The van der Waals surface area contributed by atoms with Crippen LogP contribution in [0.2, 0.25) is 5.02 Å². The summed E-state index contributed by atoms with van der Waals surface area (Å²) in [6, 6.07) is 6.11. The van der Waals surface area contributed by atoms with E-state index in [0.717, 1.165) is 29.7 Å². The molecule has 0 bridgehead atoms. The smallest absolute Gasteiger partial charge is 0.0897 e. The molecule has 0 atom stereocenters. The molecule has 1 N–H and O–H groups in total. The number of nitrogens with zero attached hydrogens (tertiary/aromatic N) is 2. The molecule has 3 aromatic rings. The Bertz CT molecular complexity index is 760. The number of nitrogens with one attached hydrogen (secondary N) is 1. The number of fused-ring (bicyclic) bond motifs is 1. The van der Waals surface area contributed by atoms with Gasteiger partial charge in [-0.1, -0.05) is 24.6 Å². The summed E-state index contributed by atoms with van der Waals surface area (Å²) in [6.45, 7) is 6.84. The van der Waals surface area contributed by atoms with E-state index in [-0.39, 0.29) is 0 Å². The van der Waals surface area contributed by atoms with Crippen LogP contribution in [-0.4, -0.2) is 16.1 Å². The molecular weight excluding hydrogens is 302 g/mol. The number of benzene rings is 1. The Morgan fingerprint density at radius 1 is 1.38 bits per heavy atom. The minimum Gasteiger partial charge on any atom is -0.342 e. The maximum Gasteiger partial charge on any atom is 0.0897 e. The van der Waals surface area contributed by atoms with Gasteiger partial charge in [-0.15, -0.1) is 11.3 Å². The van der Waals surface area contributed by atoms with Crippen LogP contribution in [0.3, 0.4) is 0 Å². The van der Waals surface area contributed by atoms with E-state index in [1.54, 1.807) is 11.3 Å². The first-order chi connectivity index (χ1) is 10.2. The monoisotopic (exact) mass is 319 g/mol. The van der Waals surface area contributed by atoms with Crippen LogP contribution in [0.15, 0.2) is 30.6 Å². The molecule has 1 aromatic carbocycles. The number of rotatable bonds is 5. The van der Waals surface area contributed by atoms with Gasteiger partial charge < -0.3 is 9.88 Å². The first kappa shape index (κ1) is 14.6. The van der Waals surface area contributed by atoms with Gasteiger partial charge in [0.05, 0.1) is 17.1 Å². The molecule has 0 saturated heterocycles. The first-order valence-corrected chi connectivity index (χ1v) is 8.26. The SMILES string of the molecule is CCNCc1cn(Cc2cnc(C)s2)c2cc(Cl)ccc12. The van der Waals surface area contributed by atoms with Gasteiger partial charge in [0.25, 0.3) is 0 Å². The number of aryl methyl sites for hydroxylation is 1. The highest BCUT2D eigenvalue weighted by Gasteiger charge is 2.10. The van der Waals surface area contributed by atoms with Crippen molar-refractivity contribution < 1.29 is 0 Å². The maximum absolute atomic E-state index is 6.17. The lowest BCUT2D eigenvalue weighted by Crippen LogP contribution is -2.11. The highest BCUT2D eigenvalue weighted by Crippen LogP contribution is 2.26. The number of halogens is 1. The van der Waals surface area contributed by atoms with Gasteiger partial charge in [-0.05, 0) is 31.2 Å². The van der Waals surface area contributed by atoms with Crippen molar-refractivity contribution in [2.45, 2.75) is 26.9 Å². The van der Waals surface area contributed by atoms with E-state index in [2.05, 4.69) is 34.1 Å². The number of aromatic nitrogens is 2. The molecule has 0 aliphatic heterocycles. The zero-order chi connectivity index (χ0) is 14.8. The summed E-state index contributed by atoms with van der Waals surface area (Å²) < 4.78 is 2.26. The lowest BCUT2D eigenvalue weighted by molar-refractivity contribution is 0.725. The van der Waals surface area contributed by atoms with Crippen LogP contribution in [0, 0.1) is 6.92 Å². The quantitative estimate of drug-likeness (QED) is 0.763. The van der Waals surface area contributed by atoms with Gasteiger partial charge in [-0.3, -0.25) is 0 Å². The predicted molar refractivity (Wildman–Crippen MR) is 90.3 cm³/mol. The van der Waals surface area contributed by atoms with Crippen LogP contribution in [0.25, 0.3) is 10.9 Å². The van der Waals surface area contributed by atoms with E-state index in [4.69, 9.17) is 11.6 Å². The Hall–Kier alpha value is -1.36. The lowest BCUT2D eigenvalue weighted by atomic mass is 10.2. The molecule has 0 amide bonds. The summed E-state index contributed by atoms with van der Waals surface area (Å²) in [4.78, 5) is 5.60. The van der Waals surface area contributed by atoms with Crippen molar-refractivity contribution in [2.24, 2.45) is 0 Å². The largest absolute Gasteiger partial charge is 0.342 e. The summed E-state index contributed by atoms with van der Waals surface area (Å²) in [5.41, 5.74) is 2.49. The fourth-order valence-electron chi connectivity index (χ4n) is 2.52. The topological polar surface area (TPSA) is 29.9 Å². The van der Waals surface area contributed by atoms with Crippen LogP contribution in [0.5, 0.6) is 0 Å².